The topological polar surface area (TPSA) is 71.5 Å². The molecule has 0 aromatic heterocycles. The van der Waals surface area contributed by atoms with Gasteiger partial charge in [0.2, 0.25) is 11.8 Å². The van der Waals surface area contributed by atoms with Crippen LogP contribution in [0.25, 0.3) is 11.1 Å². The van der Waals surface area contributed by atoms with E-state index in [0.29, 0.717) is 4.31 Å². The van der Waals surface area contributed by atoms with Gasteiger partial charge in [0.05, 0.1) is 4.90 Å². The number of hydrogen-bond acceptors (Lipinski definition) is 4. The zero-order valence-electron chi connectivity index (χ0n) is 11.6. The minimum Gasteiger partial charge on any atom is -0.273 e. The molecule has 5 nitrogen and oxygen atoms in total. The van der Waals surface area contributed by atoms with Gasteiger partial charge in [-0.05, 0) is 23.3 Å². The summed E-state index contributed by atoms with van der Waals surface area (Å²) in [5.74, 6) is -1.34. The van der Waals surface area contributed by atoms with Crippen LogP contribution in [0, 0.1) is 0 Å². The Hall–Kier alpha value is -2.47. The van der Waals surface area contributed by atoms with Gasteiger partial charge in [0.15, 0.2) is 0 Å². The molecule has 2 aromatic rings. The summed E-state index contributed by atoms with van der Waals surface area (Å²) >= 11 is 0. The fourth-order valence-electron chi connectivity index (χ4n) is 2.38. The number of hydrogen-bond donors (Lipinski definition) is 0. The first-order chi connectivity index (χ1) is 10.5. The highest BCUT2D eigenvalue weighted by molar-refractivity contribution is 7.90. The van der Waals surface area contributed by atoms with Crippen molar-refractivity contribution in [1.29, 1.82) is 0 Å². The van der Waals surface area contributed by atoms with Crippen molar-refractivity contribution in [3.63, 3.8) is 0 Å². The fraction of sp³-hybridized carbons (Fsp3) is 0.125. The van der Waals surface area contributed by atoms with Crippen LogP contribution in [0.1, 0.15) is 12.8 Å². The Labute approximate surface area is 128 Å². The van der Waals surface area contributed by atoms with Crippen molar-refractivity contribution < 1.29 is 18.0 Å². The number of sulfonamides is 1. The van der Waals surface area contributed by atoms with Crippen LogP contribution in [0.3, 0.4) is 0 Å². The van der Waals surface area contributed by atoms with E-state index in [0.717, 1.165) is 11.1 Å². The summed E-state index contributed by atoms with van der Waals surface area (Å²) in [6, 6.07) is 15.7. The summed E-state index contributed by atoms with van der Waals surface area (Å²) in [5, 5.41) is 0. The smallest absolute Gasteiger partial charge is 0.273 e. The zero-order chi connectivity index (χ0) is 15.7. The lowest BCUT2D eigenvalue weighted by Crippen LogP contribution is -2.35. The molecular weight excluding hydrogens is 302 g/mol. The summed E-state index contributed by atoms with van der Waals surface area (Å²) in [4.78, 5) is 23.2. The van der Waals surface area contributed by atoms with E-state index >= 15 is 0 Å². The summed E-state index contributed by atoms with van der Waals surface area (Å²) in [5.41, 5.74) is 1.82. The Bertz CT molecular complexity index is 810. The second-order valence-corrected chi connectivity index (χ2v) is 6.73. The molecule has 0 aliphatic carbocycles. The molecule has 2 aromatic carbocycles. The van der Waals surface area contributed by atoms with Crippen LogP contribution in [-0.2, 0) is 19.6 Å². The van der Waals surface area contributed by atoms with E-state index in [-0.39, 0.29) is 17.7 Å². The molecule has 1 heterocycles. The first-order valence-electron chi connectivity index (χ1n) is 6.76. The second-order valence-electron chi connectivity index (χ2n) is 4.95. The molecule has 2 amide bonds. The van der Waals surface area contributed by atoms with Crippen molar-refractivity contribution in [2.75, 3.05) is 0 Å². The first-order valence-corrected chi connectivity index (χ1v) is 8.20. The molecule has 6 heteroatoms. The molecule has 3 rings (SSSR count). The monoisotopic (exact) mass is 315 g/mol. The van der Waals surface area contributed by atoms with E-state index < -0.39 is 21.8 Å². The molecule has 0 radical (unpaired) electrons. The van der Waals surface area contributed by atoms with E-state index in [1.54, 1.807) is 12.1 Å². The average molecular weight is 315 g/mol. The van der Waals surface area contributed by atoms with Crippen molar-refractivity contribution in [2.24, 2.45) is 0 Å². The van der Waals surface area contributed by atoms with Crippen molar-refractivity contribution in [1.82, 2.24) is 4.31 Å². The maximum atomic E-state index is 12.4. The van der Waals surface area contributed by atoms with Gasteiger partial charge in [0.25, 0.3) is 10.0 Å². The fourth-order valence-corrected chi connectivity index (χ4v) is 3.79. The van der Waals surface area contributed by atoms with E-state index in [2.05, 4.69) is 0 Å². The third-order valence-corrected chi connectivity index (χ3v) is 5.26. The predicted molar refractivity (Wildman–Crippen MR) is 80.2 cm³/mol. The normalized spacial score (nSPS) is 15.4. The van der Waals surface area contributed by atoms with Crippen LogP contribution in [0.15, 0.2) is 59.5 Å². The third kappa shape index (κ3) is 2.42. The van der Waals surface area contributed by atoms with Gasteiger partial charge in [-0.25, -0.2) is 8.42 Å². The van der Waals surface area contributed by atoms with Gasteiger partial charge in [0.1, 0.15) is 0 Å². The zero-order valence-corrected chi connectivity index (χ0v) is 12.4. The number of carbonyl (C=O) groups is 2. The lowest BCUT2D eigenvalue weighted by molar-refractivity contribution is -0.132. The molecule has 1 saturated heterocycles. The first kappa shape index (κ1) is 14.5. The van der Waals surface area contributed by atoms with Gasteiger partial charge in [-0.15, -0.1) is 0 Å². The van der Waals surface area contributed by atoms with E-state index in [4.69, 9.17) is 0 Å². The van der Waals surface area contributed by atoms with Crippen LogP contribution in [-0.4, -0.2) is 24.5 Å². The maximum Gasteiger partial charge on any atom is 0.273 e. The molecule has 0 spiro atoms. The number of carbonyl (C=O) groups excluding carboxylic acids is 2. The Morgan fingerprint density at radius 2 is 1.23 bits per heavy atom. The number of nitrogens with zero attached hydrogens (tertiary/aromatic N) is 1. The molecule has 1 aliphatic heterocycles. The predicted octanol–water partition coefficient (Wildman–Crippen LogP) is 2.19. The van der Waals surface area contributed by atoms with E-state index in [1.807, 2.05) is 30.3 Å². The molecular formula is C16H13NO4S. The highest BCUT2D eigenvalue weighted by Crippen LogP contribution is 2.25. The van der Waals surface area contributed by atoms with Gasteiger partial charge < -0.3 is 0 Å². The Kier molecular flexibility index (Phi) is 3.54. The van der Waals surface area contributed by atoms with Crippen LogP contribution in [0.4, 0.5) is 0 Å². The summed E-state index contributed by atoms with van der Waals surface area (Å²) < 4.78 is 25.2. The van der Waals surface area contributed by atoms with Gasteiger partial charge in [0, 0.05) is 12.8 Å². The van der Waals surface area contributed by atoms with Crippen molar-refractivity contribution in [2.45, 2.75) is 17.7 Å². The molecule has 0 atom stereocenters. The number of benzene rings is 2. The number of amides is 2. The van der Waals surface area contributed by atoms with Gasteiger partial charge in [-0.1, -0.05) is 42.5 Å². The Balaban J connectivity index is 1.96. The highest BCUT2D eigenvalue weighted by Gasteiger charge is 2.39. The van der Waals surface area contributed by atoms with Crippen molar-refractivity contribution in [3.05, 3.63) is 54.6 Å². The number of imide groups is 1. The largest absolute Gasteiger partial charge is 0.273 e. The van der Waals surface area contributed by atoms with Gasteiger partial charge in [-0.2, -0.15) is 4.31 Å². The Morgan fingerprint density at radius 3 is 1.77 bits per heavy atom. The standard InChI is InChI=1S/C16H13NO4S/c18-15-10-11-16(19)17(15)22(20,21)14-8-6-13(7-9-14)12-4-2-1-3-5-12/h1-9H,10-11H2. The van der Waals surface area contributed by atoms with Crippen LogP contribution < -0.4 is 0 Å². The summed E-state index contributed by atoms with van der Waals surface area (Å²) in [6.45, 7) is 0. The van der Waals surface area contributed by atoms with Crippen LogP contribution in [0.5, 0.6) is 0 Å². The third-order valence-electron chi connectivity index (χ3n) is 3.51. The molecule has 1 fully saturated rings. The summed E-state index contributed by atoms with van der Waals surface area (Å²) in [7, 11) is -4.10. The quantitative estimate of drug-likeness (QED) is 0.814. The SMILES string of the molecule is O=C1CCC(=O)N1S(=O)(=O)c1ccc(-c2ccccc2)cc1. The maximum absolute atomic E-state index is 12.4. The van der Waals surface area contributed by atoms with E-state index in [1.165, 1.54) is 12.1 Å². The molecule has 0 saturated carbocycles. The van der Waals surface area contributed by atoms with Crippen molar-refractivity contribution in [3.8, 4) is 11.1 Å². The number of rotatable bonds is 3. The van der Waals surface area contributed by atoms with Crippen LogP contribution in [0.2, 0.25) is 0 Å². The van der Waals surface area contributed by atoms with Gasteiger partial charge in [-0.3, -0.25) is 9.59 Å². The summed E-state index contributed by atoms with van der Waals surface area (Å²) in [6.07, 6.45) is -0.111. The molecule has 0 unspecified atom stereocenters. The molecule has 0 bridgehead atoms. The van der Waals surface area contributed by atoms with Crippen LogP contribution >= 0.6 is 0 Å². The lowest BCUT2D eigenvalue weighted by Gasteiger charge is -2.14. The second kappa shape index (κ2) is 5.38. The highest BCUT2D eigenvalue weighted by atomic mass is 32.2. The molecule has 1 aliphatic rings. The van der Waals surface area contributed by atoms with Crippen molar-refractivity contribution >= 4 is 21.8 Å². The molecule has 0 N–H and O–H groups in total. The average Bonchev–Trinajstić information content (AvgIpc) is 2.88. The molecule has 22 heavy (non-hydrogen) atoms. The Morgan fingerprint density at radius 1 is 0.727 bits per heavy atom. The van der Waals surface area contributed by atoms with E-state index in [9.17, 15) is 18.0 Å². The van der Waals surface area contributed by atoms with Gasteiger partial charge >= 0.3 is 0 Å². The minimum absolute atomic E-state index is 0.0554. The molecule has 112 valence electrons. The lowest BCUT2D eigenvalue weighted by atomic mass is 10.1. The minimum atomic E-state index is -4.10.